The van der Waals surface area contributed by atoms with Gasteiger partial charge in [-0.05, 0) is 6.42 Å². The summed E-state index contributed by atoms with van der Waals surface area (Å²) < 4.78 is 4.89. The predicted octanol–water partition coefficient (Wildman–Crippen LogP) is 5.77. The average Bonchev–Trinajstić information content (AvgIpc) is 2.62. The van der Waals surface area contributed by atoms with Gasteiger partial charge in [-0.1, -0.05) is 90.4 Å². The van der Waals surface area contributed by atoms with Crippen LogP contribution in [-0.4, -0.2) is 40.6 Å². The van der Waals surface area contributed by atoms with Crippen LogP contribution in [0.2, 0.25) is 0 Å². The van der Waals surface area contributed by atoms with Crippen LogP contribution < -0.4 is 0 Å². The summed E-state index contributed by atoms with van der Waals surface area (Å²) >= 11 is 0. The molecule has 26 heavy (non-hydrogen) atoms. The van der Waals surface area contributed by atoms with Gasteiger partial charge in [0.1, 0.15) is 0 Å². The van der Waals surface area contributed by atoms with Crippen LogP contribution in [0.4, 0.5) is 4.79 Å². The van der Waals surface area contributed by atoms with Gasteiger partial charge >= 0.3 is 12.1 Å². The number of nitrogens with zero attached hydrogens (tertiary/aromatic N) is 1. The van der Waals surface area contributed by atoms with E-state index in [2.05, 4.69) is 6.92 Å². The minimum absolute atomic E-state index is 0.257. The molecular formula is C20H39NO5. The number of carboxylic acids is 1. The first-order valence-corrected chi connectivity index (χ1v) is 10.4. The van der Waals surface area contributed by atoms with Crippen LogP contribution in [0.3, 0.4) is 0 Å². The molecule has 0 saturated heterocycles. The van der Waals surface area contributed by atoms with Crippen molar-refractivity contribution in [3.05, 3.63) is 0 Å². The van der Waals surface area contributed by atoms with E-state index in [9.17, 15) is 14.8 Å². The van der Waals surface area contributed by atoms with Crippen molar-refractivity contribution in [1.82, 2.24) is 5.06 Å². The number of hydroxylamine groups is 2. The molecule has 0 aliphatic carbocycles. The molecule has 154 valence electrons. The number of rotatable bonds is 18. The number of ether oxygens (including phenoxy) is 1. The molecule has 0 aliphatic rings. The zero-order valence-corrected chi connectivity index (χ0v) is 16.6. The summed E-state index contributed by atoms with van der Waals surface area (Å²) in [7, 11) is 0. The van der Waals surface area contributed by atoms with Gasteiger partial charge in [-0.2, -0.15) is 5.06 Å². The molecule has 0 unspecified atom stereocenters. The Labute approximate surface area is 158 Å². The lowest BCUT2D eigenvalue weighted by Crippen LogP contribution is -2.30. The van der Waals surface area contributed by atoms with Crippen molar-refractivity contribution in [1.29, 1.82) is 0 Å². The summed E-state index contributed by atoms with van der Waals surface area (Å²) in [5.74, 6) is -1.07. The van der Waals surface area contributed by atoms with Crippen LogP contribution in [0.1, 0.15) is 103 Å². The van der Waals surface area contributed by atoms with Crippen LogP contribution in [0.25, 0.3) is 0 Å². The lowest BCUT2D eigenvalue weighted by atomic mass is 10.0. The van der Waals surface area contributed by atoms with Crippen LogP contribution in [0.15, 0.2) is 0 Å². The number of hydrogen-bond acceptors (Lipinski definition) is 4. The van der Waals surface area contributed by atoms with Crippen LogP contribution in [0.5, 0.6) is 0 Å². The number of aliphatic carboxylic acids is 1. The van der Waals surface area contributed by atoms with Gasteiger partial charge in [0, 0.05) is 0 Å². The van der Waals surface area contributed by atoms with E-state index in [4.69, 9.17) is 9.84 Å². The Morgan fingerprint density at radius 1 is 0.769 bits per heavy atom. The quantitative estimate of drug-likeness (QED) is 0.181. The number of carbonyl (C=O) groups is 2. The zero-order valence-electron chi connectivity index (χ0n) is 16.6. The predicted molar refractivity (Wildman–Crippen MR) is 102 cm³/mol. The first-order valence-electron chi connectivity index (χ1n) is 10.4. The van der Waals surface area contributed by atoms with Gasteiger partial charge in [0.05, 0.1) is 19.6 Å². The highest BCUT2D eigenvalue weighted by molar-refractivity contribution is 5.69. The Hall–Kier alpha value is -1.30. The summed E-state index contributed by atoms with van der Waals surface area (Å²) in [4.78, 5) is 21.7. The molecule has 0 heterocycles. The number of carbonyl (C=O) groups excluding carboxylic acids is 1. The Kier molecular flexibility index (Phi) is 17.6. The highest BCUT2D eigenvalue weighted by Gasteiger charge is 2.13. The average molecular weight is 374 g/mol. The van der Waals surface area contributed by atoms with Crippen molar-refractivity contribution >= 4 is 12.1 Å². The third-order valence-electron chi connectivity index (χ3n) is 4.47. The minimum atomic E-state index is -1.07. The normalized spacial score (nSPS) is 10.7. The number of amides is 1. The molecule has 0 rings (SSSR count). The van der Waals surface area contributed by atoms with E-state index in [1.807, 2.05) is 0 Å². The highest BCUT2D eigenvalue weighted by Crippen LogP contribution is 2.13. The zero-order chi connectivity index (χ0) is 19.5. The second kappa shape index (κ2) is 18.5. The van der Waals surface area contributed by atoms with E-state index in [1.165, 1.54) is 70.6 Å². The summed E-state index contributed by atoms with van der Waals surface area (Å²) in [5.41, 5.74) is 0. The van der Waals surface area contributed by atoms with E-state index in [0.29, 0.717) is 5.06 Å². The van der Waals surface area contributed by atoms with Gasteiger partial charge in [-0.25, -0.2) is 4.79 Å². The highest BCUT2D eigenvalue weighted by atomic mass is 16.6. The van der Waals surface area contributed by atoms with Crippen molar-refractivity contribution < 1.29 is 24.6 Å². The van der Waals surface area contributed by atoms with Crippen molar-refractivity contribution in [2.24, 2.45) is 0 Å². The Bertz CT molecular complexity index is 349. The Morgan fingerprint density at radius 2 is 1.19 bits per heavy atom. The molecule has 0 bridgehead atoms. The molecule has 0 aromatic heterocycles. The maximum atomic E-state index is 11.4. The van der Waals surface area contributed by atoms with Crippen LogP contribution in [-0.2, 0) is 9.53 Å². The smallest absolute Gasteiger partial charge is 0.433 e. The molecule has 0 radical (unpaired) electrons. The number of unbranched alkanes of at least 4 members (excludes halogenated alkanes) is 13. The van der Waals surface area contributed by atoms with Crippen LogP contribution in [0, 0.1) is 0 Å². The maximum Gasteiger partial charge on any atom is 0.433 e. The summed E-state index contributed by atoms with van der Waals surface area (Å²) in [5, 5.41) is 18.1. The summed E-state index contributed by atoms with van der Waals surface area (Å²) in [6.07, 6.45) is 16.5. The third-order valence-corrected chi connectivity index (χ3v) is 4.47. The van der Waals surface area contributed by atoms with E-state index in [0.717, 1.165) is 19.3 Å². The number of carboxylic acid groups (broad SMARTS) is 1. The molecule has 6 heteroatoms. The monoisotopic (exact) mass is 373 g/mol. The molecule has 6 nitrogen and oxygen atoms in total. The van der Waals surface area contributed by atoms with Gasteiger partial charge in [-0.15, -0.1) is 0 Å². The molecule has 0 aromatic rings. The van der Waals surface area contributed by atoms with Crippen LogP contribution >= 0.6 is 0 Å². The molecule has 1 amide bonds. The first-order chi connectivity index (χ1) is 12.6. The topological polar surface area (TPSA) is 87.1 Å². The molecule has 0 spiro atoms. The third kappa shape index (κ3) is 17.5. The fraction of sp³-hybridized carbons (Fsp3) is 0.900. The molecule has 0 aromatic carbocycles. The summed E-state index contributed by atoms with van der Waals surface area (Å²) in [6, 6.07) is 0. The Morgan fingerprint density at radius 3 is 1.62 bits per heavy atom. The van der Waals surface area contributed by atoms with Gasteiger partial charge in [0.2, 0.25) is 0 Å². The number of hydrogen-bond donors (Lipinski definition) is 2. The fourth-order valence-electron chi connectivity index (χ4n) is 2.82. The van der Waals surface area contributed by atoms with E-state index < -0.39 is 12.1 Å². The van der Waals surface area contributed by atoms with E-state index in [1.54, 1.807) is 0 Å². The molecule has 0 aliphatic heterocycles. The SMILES string of the molecule is CCCCCCCCCCCCCCCCOC(=O)N(O)CCC(=O)O. The maximum absolute atomic E-state index is 11.4. The van der Waals surface area contributed by atoms with Crippen molar-refractivity contribution in [2.45, 2.75) is 103 Å². The molecule has 2 N–H and O–H groups in total. The first kappa shape index (κ1) is 24.7. The molecule has 0 atom stereocenters. The molecular weight excluding hydrogens is 334 g/mol. The second-order valence-corrected chi connectivity index (χ2v) is 6.98. The fourth-order valence-corrected chi connectivity index (χ4v) is 2.82. The lowest BCUT2D eigenvalue weighted by molar-refractivity contribution is -0.140. The van der Waals surface area contributed by atoms with E-state index >= 15 is 0 Å². The van der Waals surface area contributed by atoms with Crippen molar-refractivity contribution in [3.63, 3.8) is 0 Å². The summed E-state index contributed by atoms with van der Waals surface area (Å²) in [6.45, 7) is 2.26. The van der Waals surface area contributed by atoms with Gasteiger partial charge in [-0.3, -0.25) is 10.0 Å². The van der Waals surface area contributed by atoms with Crippen molar-refractivity contribution in [2.75, 3.05) is 13.2 Å². The van der Waals surface area contributed by atoms with Gasteiger partial charge < -0.3 is 9.84 Å². The van der Waals surface area contributed by atoms with E-state index in [-0.39, 0.29) is 19.6 Å². The largest absolute Gasteiger partial charge is 0.481 e. The second-order valence-electron chi connectivity index (χ2n) is 6.98. The lowest BCUT2D eigenvalue weighted by Gasteiger charge is -2.13. The Balaban J connectivity index is 3.24. The van der Waals surface area contributed by atoms with Gasteiger partial charge in [0.25, 0.3) is 0 Å². The standard InChI is InChI=1S/C20H39NO5/c1-2-3-4-5-6-7-8-9-10-11-12-13-14-15-18-26-20(24)21(25)17-16-19(22)23/h25H,2-18H2,1H3,(H,22,23). The molecule has 0 saturated carbocycles. The molecule has 0 fully saturated rings. The van der Waals surface area contributed by atoms with Crippen molar-refractivity contribution in [3.8, 4) is 0 Å². The van der Waals surface area contributed by atoms with Gasteiger partial charge in [0.15, 0.2) is 0 Å². The minimum Gasteiger partial charge on any atom is -0.481 e.